The van der Waals surface area contributed by atoms with Gasteiger partial charge in [0.2, 0.25) is 0 Å². The molecule has 0 bridgehead atoms. The zero-order valence-corrected chi connectivity index (χ0v) is 13.2. The number of rotatable bonds is 5. The zero-order chi connectivity index (χ0) is 13.9. The highest BCUT2D eigenvalue weighted by molar-refractivity contribution is 4.92. The van der Waals surface area contributed by atoms with Crippen LogP contribution in [0, 0.1) is 0 Å². The molecule has 3 rings (SSSR count). The molecule has 0 radical (unpaired) electrons. The Balaban J connectivity index is 1.42. The average molecular weight is 281 g/mol. The van der Waals surface area contributed by atoms with Crippen LogP contribution in [0.2, 0.25) is 0 Å². The van der Waals surface area contributed by atoms with E-state index in [-0.39, 0.29) is 0 Å². The third-order valence-electron chi connectivity index (χ3n) is 5.39. The summed E-state index contributed by atoms with van der Waals surface area (Å²) >= 11 is 0. The molecule has 4 nitrogen and oxygen atoms in total. The van der Waals surface area contributed by atoms with Gasteiger partial charge in [-0.1, -0.05) is 0 Å². The van der Waals surface area contributed by atoms with E-state index in [2.05, 4.69) is 29.0 Å². The Bertz CT molecular complexity index is 306. The molecule has 4 heteroatoms. The third kappa shape index (κ3) is 3.35. The summed E-state index contributed by atoms with van der Waals surface area (Å²) in [5.41, 5.74) is 0. The lowest BCUT2D eigenvalue weighted by Crippen LogP contribution is -2.59. The molecular formula is C16H31N3O. The molecule has 116 valence electrons. The third-order valence-corrected chi connectivity index (χ3v) is 5.39. The van der Waals surface area contributed by atoms with Gasteiger partial charge in [0.1, 0.15) is 0 Å². The Morgan fingerprint density at radius 1 is 1.25 bits per heavy atom. The smallest absolute Gasteiger partial charge is 0.0700 e. The molecule has 3 fully saturated rings. The molecule has 0 aromatic rings. The molecule has 0 aromatic carbocycles. The summed E-state index contributed by atoms with van der Waals surface area (Å²) in [5.74, 6) is 0. The molecular weight excluding hydrogens is 250 g/mol. The Morgan fingerprint density at radius 2 is 2.15 bits per heavy atom. The first-order valence-corrected chi connectivity index (χ1v) is 8.56. The van der Waals surface area contributed by atoms with Crippen LogP contribution in [0.3, 0.4) is 0 Å². The number of ether oxygens (including phenoxy) is 1. The van der Waals surface area contributed by atoms with Crippen molar-refractivity contribution in [3.05, 3.63) is 0 Å². The molecule has 3 saturated heterocycles. The Morgan fingerprint density at radius 3 is 2.95 bits per heavy atom. The van der Waals surface area contributed by atoms with E-state index in [1.54, 1.807) is 0 Å². The zero-order valence-electron chi connectivity index (χ0n) is 13.2. The van der Waals surface area contributed by atoms with Crippen molar-refractivity contribution in [2.45, 2.75) is 63.8 Å². The summed E-state index contributed by atoms with van der Waals surface area (Å²) in [6, 6.07) is 2.16. The van der Waals surface area contributed by atoms with E-state index in [4.69, 9.17) is 4.74 Å². The summed E-state index contributed by atoms with van der Waals surface area (Å²) in [7, 11) is 0. The van der Waals surface area contributed by atoms with Crippen molar-refractivity contribution in [2.75, 3.05) is 39.3 Å². The van der Waals surface area contributed by atoms with E-state index in [0.717, 1.165) is 25.7 Å². The van der Waals surface area contributed by atoms with Gasteiger partial charge in [-0.15, -0.1) is 0 Å². The van der Waals surface area contributed by atoms with Crippen LogP contribution in [0.15, 0.2) is 0 Å². The number of piperazine rings is 1. The maximum atomic E-state index is 5.68. The first-order valence-electron chi connectivity index (χ1n) is 8.56. The number of hydrogen-bond donors (Lipinski definition) is 1. The molecule has 3 aliphatic rings. The van der Waals surface area contributed by atoms with Gasteiger partial charge in [0.15, 0.2) is 0 Å². The van der Waals surface area contributed by atoms with E-state index in [1.807, 2.05) is 0 Å². The lowest BCUT2D eigenvalue weighted by atomic mass is 10.1. The predicted octanol–water partition coefficient (Wildman–Crippen LogP) is 1.31. The van der Waals surface area contributed by atoms with E-state index in [9.17, 15) is 0 Å². The van der Waals surface area contributed by atoms with Crippen molar-refractivity contribution >= 4 is 0 Å². The van der Waals surface area contributed by atoms with E-state index >= 15 is 0 Å². The van der Waals surface area contributed by atoms with Crippen molar-refractivity contribution in [3.63, 3.8) is 0 Å². The average Bonchev–Trinajstić information content (AvgIpc) is 3.08. The van der Waals surface area contributed by atoms with E-state index in [0.29, 0.717) is 18.2 Å². The van der Waals surface area contributed by atoms with Crippen molar-refractivity contribution < 1.29 is 4.74 Å². The highest BCUT2D eigenvalue weighted by Crippen LogP contribution is 2.25. The molecule has 1 N–H and O–H groups in total. The van der Waals surface area contributed by atoms with Crippen LogP contribution in [0.5, 0.6) is 0 Å². The molecule has 0 aliphatic carbocycles. The summed E-state index contributed by atoms with van der Waals surface area (Å²) < 4.78 is 5.68. The van der Waals surface area contributed by atoms with E-state index < -0.39 is 0 Å². The monoisotopic (exact) mass is 281 g/mol. The molecule has 3 aliphatic heterocycles. The van der Waals surface area contributed by atoms with Gasteiger partial charge >= 0.3 is 0 Å². The Kier molecular flexibility index (Phi) is 4.97. The normalized spacial score (nSPS) is 37.2. The predicted molar refractivity (Wildman–Crippen MR) is 82.1 cm³/mol. The molecule has 0 amide bonds. The molecule has 20 heavy (non-hydrogen) atoms. The largest absolute Gasteiger partial charge is 0.377 e. The Labute approximate surface area is 123 Å². The van der Waals surface area contributed by atoms with Crippen LogP contribution in [0.4, 0.5) is 0 Å². The second-order valence-corrected chi connectivity index (χ2v) is 6.98. The molecule has 4 atom stereocenters. The summed E-state index contributed by atoms with van der Waals surface area (Å²) in [5, 5.41) is 3.62. The van der Waals surface area contributed by atoms with Crippen LogP contribution < -0.4 is 5.32 Å². The quantitative estimate of drug-likeness (QED) is 0.822. The summed E-state index contributed by atoms with van der Waals surface area (Å²) in [6.07, 6.45) is 5.74. The maximum absolute atomic E-state index is 5.68. The molecule has 0 spiro atoms. The van der Waals surface area contributed by atoms with Crippen LogP contribution in [-0.4, -0.2) is 73.4 Å². The van der Waals surface area contributed by atoms with Gasteiger partial charge in [0.05, 0.1) is 6.10 Å². The molecule has 3 heterocycles. The van der Waals surface area contributed by atoms with Gasteiger partial charge in [-0.25, -0.2) is 0 Å². The first kappa shape index (κ1) is 14.8. The van der Waals surface area contributed by atoms with E-state index in [1.165, 1.54) is 45.3 Å². The summed E-state index contributed by atoms with van der Waals surface area (Å²) in [4.78, 5) is 5.42. The van der Waals surface area contributed by atoms with Crippen LogP contribution >= 0.6 is 0 Å². The minimum atomic E-state index is 0.464. The van der Waals surface area contributed by atoms with Gasteiger partial charge in [-0.3, -0.25) is 9.80 Å². The van der Waals surface area contributed by atoms with Gasteiger partial charge in [0.25, 0.3) is 0 Å². The van der Waals surface area contributed by atoms with Gasteiger partial charge in [0, 0.05) is 50.9 Å². The fourth-order valence-electron chi connectivity index (χ4n) is 4.20. The van der Waals surface area contributed by atoms with Gasteiger partial charge in [-0.2, -0.15) is 0 Å². The fourth-order valence-corrected chi connectivity index (χ4v) is 4.20. The number of fused-ring (bicyclic) bond motifs is 1. The molecule has 4 unspecified atom stereocenters. The highest BCUT2D eigenvalue weighted by Gasteiger charge is 2.35. The van der Waals surface area contributed by atoms with Crippen LogP contribution in [0.1, 0.15) is 39.5 Å². The number of hydrogen-bond acceptors (Lipinski definition) is 4. The van der Waals surface area contributed by atoms with Gasteiger partial charge < -0.3 is 10.1 Å². The minimum absolute atomic E-state index is 0.464. The fraction of sp³-hybridized carbons (Fsp3) is 1.00. The van der Waals surface area contributed by atoms with Gasteiger partial charge in [-0.05, 0) is 46.1 Å². The SMILES string of the molecule is CC(CNCC1CCCO1)N1CC2CCCN2CC1C. The van der Waals surface area contributed by atoms with Crippen LogP contribution in [0.25, 0.3) is 0 Å². The second kappa shape index (κ2) is 6.73. The molecule has 0 saturated carbocycles. The maximum Gasteiger partial charge on any atom is 0.0700 e. The summed E-state index contributed by atoms with van der Waals surface area (Å²) in [6.45, 7) is 11.7. The standard InChI is InChI=1S/C16H31N3O/c1-13(9-17-10-16-6-4-8-20-16)19-12-15-5-3-7-18(15)11-14(19)2/h13-17H,3-12H2,1-2H3. The Hall–Kier alpha value is -0.160. The first-order chi connectivity index (χ1) is 9.74. The van der Waals surface area contributed by atoms with Crippen molar-refractivity contribution in [2.24, 2.45) is 0 Å². The second-order valence-electron chi connectivity index (χ2n) is 6.98. The minimum Gasteiger partial charge on any atom is -0.377 e. The van der Waals surface area contributed by atoms with Crippen molar-refractivity contribution in [3.8, 4) is 0 Å². The molecule has 0 aromatic heterocycles. The van der Waals surface area contributed by atoms with Crippen molar-refractivity contribution in [1.29, 1.82) is 0 Å². The number of nitrogens with zero attached hydrogens (tertiary/aromatic N) is 2. The lowest BCUT2D eigenvalue weighted by molar-refractivity contribution is 0.0317. The topological polar surface area (TPSA) is 27.7 Å². The highest BCUT2D eigenvalue weighted by atomic mass is 16.5. The number of nitrogens with one attached hydrogen (secondary N) is 1. The lowest BCUT2D eigenvalue weighted by Gasteiger charge is -2.45. The van der Waals surface area contributed by atoms with Crippen molar-refractivity contribution in [1.82, 2.24) is 15.1 Å². The van der Waals surface area contributed by atoms with Crippen LogP contribution in [-0.2, 0) is 4.74 Å².